The predicted octanol–water partition coefficient (Wildman–Crippen LogP) is 2.36. The summed E-state index contributed by atoms with van der Waals surface area (Å²) in [6.45, 7) is 1.15. The van der Waals surface area contributed by atoms with Gasteiger partial charge in [-0.2, -0.15) is 0 Å². The van der Waals surface area contributed by atoms with Crippen LogP contribution in [0.15, 0.2) is 34.4 Å². The third kappa shape index (κ3) is 3.54. The number of aliphatic carboxylic acids is 1. The van der Waals surface area contributed by atoms with Crippen LogP contribution in [0.25, 0.3) is 6.08 Å². The van der Waals surface area contributed by atoms with Crippen LogP contribution in [0.5, 0.6) is 11.5 Å². The number of nitrogens with zero attached hydrogens (tertiary/aromatic N) is 1. The molecule has 10 heteroatoms. The predicted molar refractivity (Wildman–Crippen MR) is 87.4 cm³/mol. The number of fused-ring (bicyclic) bond motifs is 1. The molecule has 0 saturated heterocycles. The molecule has 0 spiro atoms. The van der Waals surface area contributed by atoms with E-state index in [0.717, 1.165) is 19.1 Å². The highest BCUT2D eigenvalue weighted by Crippen LogP contribution is 2.40. The number of benzene rings is 1. The van der Waals surface area contributed by atoms with Gasteiger partial charge in [0.15, 0.2) is 5.76 Å². The molecular weight excluding hydrogens is 362 g/mol. The number of carbonyl (C=O) groups excluding carboxylic acids is 2. The van der Waals surface area contributed by atoms with Crippen molar-refractivity contribution in [3.05, 3.63) is 57.0 Å². The van der Waals surface area contributed by atoms with Crippen LogP contribution in [0.3, 0.4) is 0 Å². The fourth-order valence-corrected chi connectivity index (χ4v) is 2.51. The summed E-state index contributed by atoms with van der Waals surface area (Å²) >= 11 is 0. The Kier molecular flexibility index (Phi) is 4.46. The molecule has 27 heavy (non-hydrogen) atoms. The van der Waals surface area contributed by atoms with E-state index < -0.39 is 35.0 Å². The molecule has 2 heterocycles. The molecule has 138 valence electrons. The first kappa shape index (κ1) is 17.9. The number of furan rings is 1. The molecule has 0 atom stereocenters. The number of ether oxygens (including phenoxy) is 2. The van der Waals surface area contributed by atoms with Crippen molar-refractivity contribution in [2.24, 2.45) is 0 Å². The van der Waals surface area contributed by atoms with Gasteiger partial charge in [0.25, 0.3) is 0 Å². The van der Waals surface area contributed by atoms with Crippen molar-refractivity contribution >= 4 is 29.7 Å². The number of ketones is 1. The van der Waals surface area contributed by atoms with E-state index in [1.165, 1.54) is 18.2 Å². The van der Waals surface area contributed by atoms with Gasteiger partial charge in [-0.05, 0) is 18.2 Å². The minimum Gasteiger partial charge on any atom is -0.481 e. The topological polar surface area (TPSA) is 146 Å². The lowest BCUT2D eigenvalue weighted by molar-refractivity contribution is -0.402. The fraction of sp³-hybridized carbons (Fsp3) is 0.118. The minimum absolute atomic E-state index is 0.0119. The maximum Gasteiger partial charge on any atom is 0.433 e. The number of carboxylic acid groups (broad SMARTS) is 1. The van der Waals surface area contributed by atoms with Gasteiger partial charge in [0.2, 0.25) is 5.78 Å². The van der Waals surface area contributed by atoms with Crippen LogP contribution in [0.1, 0.15) is 28.6 Å². The second kappa shape index (κ2) is 6.75. The molecule has 0 radical (unpaired) electrons. The lowest BCUT2D eigenvalue weighted by Gasteiger charge is -2.10. The van der Waals surface area contributed by atoms with E-state index in [1.807, 2.05) is 0 Å². The highest BCUT2D eigenvalue weighted by Gasteiger charge is 2.33. The molecule has 2 aromatic rings. The Morgan fingerprint density at radius 2 is 2.04 bits per heavy atom. The molecule has 1 aromatic heterocycles. The number of Topliss-reactive ketones (excluding diaryl/α,β-unsaturated/α-hetero) is 1. The van der Waals surface area contributed by atoms with Gasteiger partial charge in [0.05, 0.1) is 18.1 Å². The Balaban J connectivity index is 2.02. The van der Waals surface area contributed by atoms with Gasteiger partial charge >= 0.3 is 17.8 Å². The summed E-state index contributed by atoms with van der Waals surface area (Å²) in [5.41, 5.74) is 0.104. The Labute approximate surface area is 150 Å². The van der Waals surface area contributed by atoms with Crippen LogP contribution in [0.4, 0.5) is 5.88 Å². The van der Waals surface area contributed by atoms with Crippen LogP contribution >= 0.6 is 0 Å². The summed E-state index contributed by atoms with van der Waals surface area (Å²) in [5, 5.41) is 19.8. The van der Waals surface area contributed by atoms with Gasteiger partial charge in [-0.15, -0.1) is 0 Å². The summed E-state index contributed by atoms with van der Waals surface area (Å²) in [5.74, 6) is -3.23. The maximum atomic E-state index is 12.5. The van der Waals surface area contributed by atoms with Crippen LogP contribution in [-0.2, 0) is 16.0 Å². The van der Waals surface area contributed by atoms with Crippen molar-refractivity contribution in [3.8, 4) is 11.5 Å². The third-order valence-corrected chi connectivity index (χ3v) is 3.55. The van der Waals surface area contributed by atoms with E-state index in [9.17, 15) is 24.5 Å². The minimum atomic E-state index is -1.22. The molecule has 1 aliphatic rings. The fourth-order valence-electron chi connectivity index (χ4n) is 2.51. The Bertz CT molecular complexity index is 1020. The van der Waals surface area contributed by atoms with Crippen molar-refractivity contribution in [1.82, 2.24) is 0 Å². The van der Waals surface area contributed by atoms with Crippen LogP contribution in [0.2, 0.25) is 0 Å². The summed E-state index contributed by atoms with van der Waals surface area (Å²) < 4.78 is 15.4. The average molecular weight is 373 g/mol. The Morgan fingerprint density at radius 3 is 2.63 bits per heavy atom. The molecule has 1 aromatic carbocycles. The van der Waals surface area contributed by atoms with Crippen molar-refractivity contribution in [2.45, 2.75) is 13.3 Å². The van der Waals surface area contributed by atoms with Gasteiger partial charge in [0, 0.05) is 18.6 Å². The van der Waals surface area contributed by atoms with Gasteiger partial charge in [0.1, 0.15) is 22.2 Å². The Hall–Kier alpha value is -3.95. The highest BCUT2D eigenvalue weighted by atomic mass is 16.6. The lowest BCUT2D eigenvalue weighted by Crippen LogP contribution is -2.08. The smallest absolute Gasteiger partial charge is 0.433 e. The first-order valence-corrected chi connectivity index (χ1v) is 7.51. The van der Waals surface area contributed by atoms with Crippen molar-refractivity contribution in [3.63, 3.8) is 0 Å². The molecular formula is C17H11NO9. The van der Waals surface area contributed by atoms with Crippen LogP contribution < -0.4 is 9.47 Å². The van der Waals surface area contributed by atoms with Gasteiger partial charge in [-0.3, -0.25) is 24.5 Å². The number of esters is 1. The number of allylic oxidation sites excluding steroid dienone is 1. The van der Waals surface area contributed by atoms with E-state index in [1.54, 1.807) is 0 Å². The summed E-state index contributed by atoms with van der Waals surface area (Å²) in [7, 11) is 0. The summed E-state index contributed by atoms with van der Waals surface area (Å²) in [4.78, 5) is 44.8. The van der Waals surface area contributed by atoms with Gasteiger partial charge in [-0.25, -0.2) is 0 Å². The standard InChI is InChI=1S/C17H11NO9/c1-8(19)25-12-4-3-10-16(22)13(27-17(10)11(12)7-15(20)21)6-9-2-5-14(26-9)18(23)24/h2-6H,7H2,1H3,(H,20,21). The first-order valence-electron chi connectivity index (χ1n) is 7.51. The molecule has 0 unspecified atom stereocenters. The van der Waals surface area contributed by atoms with Crippen molar-refractivity contribution in [1.29, 1.82) is 0 Å². The zero-order valence-electron chi connectivity index (χ0n) is 13.8. The zero-order chi connectivity index (χ0) is 19.7. The molecule has 0 saturated carbocycles. The normalized spacial score (nSPS) is 14.0. The Morgan fingerprint density at radius 1 is 1.30 bits per heavy atom. The molecule has 0 amide bonds. The van der Waals surface area contributed by atoms with Crippen LogP contribution in [0, 0.1) is 10.1 Å². The number of carbonyl (C=O) groups is 3. The average Bonchev–Trinajstić information content (AvgIpc) is 3.15. The molecule has 0 aliphatic carbocycles. The number of carboxylic acids is 1. The van der Waals surface area contributed by atoms with E-state index in [4.69, 9.17) is 19.0 Å². The monoisotopic (exact) mass is 373 g/mol. The third-order valence-electron chi connectivity index (χ3n) is 3.55. The maximum absolute atomic E-state index is 12.5. The van der Waals surface area contributed by atoms with Crippen molar-refractivity contribution < 1.29 is 38.3 Å². The quantitative estimate of drug-likeness (QED) is 0.274. The van der Waals surface area contributed by atoms with E-state index >= 15 is 0 Å². The lowest BCUT2D eigenvalue weighted by atomic mass is 10.0. The summed E-state index contributed by atoms with van der Waals surface area (Å²) in [6.07, 6.45) is 0.615. The number of rotatable bonds is 5. The highest BCUT2D eigenvalue weighted by molar-refractivity contribution is 6.15. The van der Waals surface area contributed by atoms with E-state index in [-0.39, 0.29) is 34.1 Å². The molecule has 1 aliphatic heterocycles. The van der Waals surface area contributed by atoms with E-state index in [0.29, 0.717) is 0 Å². The van der Waals surface area contributed by atoms with E-state index in [2.05, 4.69) is 0 Å². The molecule has 0 fully saturated rings. The second-order valence-electron chi connectivity index (χ2n) is 5.46. The molecule has 1 N–H and O–H groups in total. The second-order valence-corrected chi connectivity index (χ2v) is 5.46. The molecule has 10 nitrogen and oxygen atoms in total. The van der Waals surface area contributed by atoms with Gasteiger partial charge < -0.3 is 19.0 Å². The number of hydrogen-bond acceptors (Lipinski definition) is 8. The van der Waals surface area contributed by atoms with Crippen LogP contribution in [-0.4, -0.2) is 27.8 Å². The molecule has 0 bridgehead atoms. The summed E-state index contributed by atoms with van der Waals surface area (Å²) in [6, 6.07) is 5.05. The zero-order valence-corrected chi connectivity index (χ0v) is 13.8. The SMILES string of the molecule is CC(=O)Oc1ccc2c(c1CC(=O)O)OC(=Cc1ccc([N+](=O)[O-])o1)C2=O. The number of nitro groups is 1. The number of hydrogen-bond donors (Lipinski definition) is 1. The largest absolute Gasteiger partial charge is 0.481 e. The van der Waals surface area contributed by atoms with Gasteiger partial charge in [-0.1, -0.05) is 0 Å². The first-order chi connectivity index (χ1) is 12.8. The van der Waals surface area contributed by atoms with Crippen molar-refractivity contribution in [2.75, 3.05) is 0 Å². The molecule has 3 rings (SSSR count).